The second-order valence-electron chi connectivity index (χ2n) is 6.83. The molecule has 5 heteroatoms. The molecule has 0 bridgehead atoms. The highest BCUT2D eigenvalue weighted by Crippen LogP contribution is 2.28. The molecule has 0 aromatic heterocycles. The van der Waals surface area contributed by atoms with Gasteiger partial charge in [0.05, 0.1) is 11.0 Å². The summed E-state index contributed by atoms with van der Waals surface area (Å²) in [6.07, 6.45) is 5.39. The Bertz CT molecular complexity index is 597. The van der Waals surface area contributed by atoms with E-state index in [-0.39, 0.29) is 0 Å². The van der Waals surface area contributed by atoms with Crippen LogP contribution in [0.25, 0.3) is 0 Å². The number of rotatable bonds is 6. The molecule has 1 aliphatic heterocycles. The highest BCUT2D eigenvalue weighted by atomic mass is 32.2. The van der Waals surface area contributed by atoms with Crippen molar-refractivity contribution in [3.05, 3.63) is 29.8 Å². The number of β-amino-alcohol motifs (C(OH)–C–C–N with tert-alkyl or cyclic N) is 1. The molecule has 1 aromatic carbocycles. The molecule has 23 heavy (non-hydrogen) atoms. The highest BCUT2D eigenvalue weighted by molar-refractivity contribution is 7.90. The van der Waals surface area contributed by atoms with Crippen molar-refractivity contribution >= 4 is 9.84 Å². The summed E-state index contributed by atoms with van der Waals surface area (Å²) >= 11 is 0. The van der Waals surface area contributed by atoms with Gasteiger partial charge < -0.3 is 5.11 Å². The predicted molar refractivity (Wildman–Crippen MR) is 93.2 cm³/mol. The molecule has 1 aliphatic rings. The van der Waals surface area contributed by atoms with Crippen molar-refractivity contribution in [1.29, 1.82) is 0 Å². The van der Waals surface area contributed by atoms with Crippen LogP contribution in [0.15, 0.2) is 29.2 Å². The average Bonchev–Trinajstić information content (AvgIpc) is 2.50. The summed E-state index contributed by atoms with van der Waals surface area (Å²) in [6.45, 7) is 6.17. The van der Waals surface area contributed by atoms with Crippen molar-refractivity contribution in [3.63, 3.8) is 0 Å². The van der Waals surface area contributed by atoms with Crippen molar-refractivity contribution in [1.82, 2.24) is 4.90 Å². The molecule has 4 nitrogen and oxygen atoms in total. The van der Waals surface area contributed by atoms with Crippen LogP contribution < -0.4 is 0 Å². The van der Waals surface area contributed by atoms with Gasteiger partial charge in [-0.05, 0) is 49.4 Å². The lowest BCUT2D eigenvalue weighted by molar-refractivity contribution is 0.0396. The van der Waals surface area contributed by atoms with Gasteiger partial charge in [-0.3, -0.25) is 4.90 Å². The van der Waals surface area contributed by atoms with Crippen molar-refractivity contribution in [2.24, 2.45) is 5.92 Å². The van der Waals surface area contributed by atoms with E-state index in [1.807, 2.05) is 0 Å². The SMILES string of the molecule is CCCC1C(C)CCCN1CC(O)c1ccc(S(C)(=O)=O)cc1. The van der Waals surface area contributed by atoms with Crippen LogP contribution in [0, 0.1) is 5.92 Å². The first-order valence-electron chi connectivity index (χ1n) is 8.55. The van der Waals surface area contributed by atoms with E-state index in [9.17, 15) is 13.5 Å². The lowest BCUT2D eigenvalue weighted by Crippen LogP contribution is -2.46. The third-order valence-corrected chi connectivity index (χ3v) is 6.04. The number of aliphatic hydroxyl groups is 1. The summed E-state index contributed by atoms with van der Waals surface area (Å²) in [4.78, 5) is 2.70. The Labute approximate surface area is 140 Å². The molecular formula is C18H29NO3S. The fourth-order valence-electron chi connectivity index (χ4n) is 3.59. The number of likely N-dealkylation sites (tertiary alicyclic amines) is 1. The van der Waals surface area contributed by atoms with Crippen LogP contribution >= 0.6 is 0 Å². The monoisotopic (exact) mass is 339 g/mol. The molecule has 1 heterocycles. The van der Waals surface area contributed by atoms with E-state index >= 15 is 0 Å². The zero-order valence-electron chi connectivity index (χ0n) is 14.4. The van der Waals surface area contributed by atoms with E-state index in [0.717, 1.165) is 18.5 Å². The first-order valence-corrected chi connectivity index (χ1v) is 10.4. The van der Waals surface area contributed by atoms with Gasteiger partial charge in [-0.2, -0.15) is 0 Å². The smallest absolute Gasteiger partial charge is 0.175 e. The Hall–Kier alpha value is -0.910. The Kier molecular flexibility index (Phi) is 6.23. The van der Waals surface area contributed by atoms with Crippen LogP contribution in [-0.4, -0.2) is 43.8 Å². The molecule has 1 aromatic rings. The fraction of sp³-hybridized carbons (Fsp3) is 0.667. The minimum Gasteiger partial charge on any atom is -0.387 e. The summed E-state index contributed by atoms with van der Waals surface area (Å²) in [6, 6.07) is 7.15. The average molecular weight is 340 g/mol. The molecule has 130 valence electrons. The molecule has 0 radical (unpaired) electrons. The highest BCUT2D eigenvalue weighted by Gasteiger charge is 2.29. The zero-order chi connectivity index (χ0) is 17.0. The van der Waals surface area contributed by atoms with Gasteiger partial charge in [-0.15, -0.1) is 0 Å². The third-order valence-electron chi connectivity index (χ3n) is 4.92. The summed E-state index contributed by atoms with van der Waals surface area (Å²) in [5.41, 5.74) is 0.783. The molecule has 1 fully saturated rings. The molecule has 0 saturated carbocycles. The van der Waals surface area contributed by atoms with Gasteiger partial charge in [0.2, 0.25) is 0 Å². The van der Waals surface area contributed by atoms with Crippen LogP contribution in [-0.2, 0) is 9.84 Å². The molecule has 1 saturated heterocycles. The van der Waals surface area contributed by atoms with E-state index in [0.29, 0.717) is 23.4 Å². The van der Waals surface area contributed by atoms with E-state index in [4.69, 9.17) is 0 Å². The largest absolute Gasteiger partial charge is 0.387 e. The number of sulfone groups is 1. The van der Waals surface area contributed by atoms with Crippen LogP contribution in [0.1, 0.15) is 51.2 Å². The topological polar surface area (TPSA) is 57.6 Å². The van der Waals surface area contributed by atoms with Crippen LogP contribution in [0.4, 0.5) is 0 Å². The number of nitrogens with zero attached hydrogens (tertiary/aromatic N) is 1. The molecule has 0 spiro atoms. The second kappa shape index (κ2) is 7.77. The van der Waals surface area contributed by atoms with E-state index in [1.165, 1.54) is 25.5 Å². The van der Waals surface area contributed by atoms with Crippen LogP contribution in [0.5, 0.6) is 0 Å². The number of hydrogen-bond donors (Lipinski definition) is 1. The maximum absolute atomic E-state index is 11.5. The summed E-state index contributed by atoms with van der Waals surface area (Å²) < 4.78 is 23.0. The summed E-state index contributed by atoms with van der Waals surface area (Å²) in [5, 5.41) is 10.5. The number of piperidine rings is 1. The van der Waals surface area contributed by atoms with Crippen LogP contribution in [0.3, 0.4) is 0 Å². The molecule has 3 atom stereocenters. The van der Waals surface area contributed by atoms with Gasteiger partial charge in [0, 0.05) is 18.8 Å². The Morgan fingerprint density at radius 3 is 2.52 bits per heavy atom. The van der Waals surface area contributed by atoms with Gasteiger partial charge in [0.15, 0.2) is 9.84 Å². The molecule has 0 aliphatic carbocycles. The molecule has 0 amide bonds. The van der Waals surface area contributed by atoms with Gasteiger partial charge in [-0.25, -0.2) is 8.42 Å². The third kappa shape index (κ3) is 4.78. The van der Waals surface area contributed by atoms with Gasteiger partial charge in [0.1, 0.15) is 0 Å². The van der Waals surface area contributed by atoms with E-state index < -0.39 is 15.9 Å². The Morgan fingerprint density at radius 2 is 1.96 bits per heavy atom. The maximum atomic E-state index is 11.5. The number of aliphatic hydroxyl groups excluding tert-OH is 1. The fourth-order valence-corrected chi connectivity index (χ4v) is 4.22. The molecule has 2 rings (SSSR count). The minimum absolute atomic E-state index is 0.295. The summed E-state index contributed by atoms with van der Waals surface area (Å²) in [7, 11) is -3.19. The quantitative estimate of drug-likeness (QED) is 0.865. The predicted octanol–water partition coefficient (Wildman–Crippen LogP) is 3.02. The van der Waals surface area contributed by atoms with Crippen molar-refractivity contribution in [2.45, 2.75) is 56.6 Å². The number of benzene rings is 1. The first kappa shape index (κ1) is 18.4. The number of hydrogen-bond acceptors (Lipinski definition) is 4. The van der Waals surface area contributed by atoms with Gasteiger partial charge in [-0.1, -0.05) is 32.4 Å². The Balaban J connectivity index is 2.06. The van der Waals surface area contributed by atoms with Crippen molar-refractivity contribution < 1.29 is 13.5 Å². The Morgan fingerprint density at radius 1 is 1.30 bits per heavy atom. The van der Waals surface area contributed by atoms with Crippen LogP contribution in [0.2, 0.25) is 0 Å². The van der Waals surface area contributed by atoms with E-state index in [1.54, 1.807) is 24.3 Å². The molecule has 1 N–H and O–H groups in total. The second-order valence-corrected chi connectivity index (χ2v) is 8.84. The molecule has 3 unspecified atom stereocenters. The minimum atomic E-state index is -3.19. The van der Waals surface area contributed by atoms with Crippen molar-refractivity contribution in [2.75, 3.05) is 19.3 Å². The first-order chi connectivity index (χ1) is 10.8. The maximum Gasteiger partial charge on any atom is 0.175 e. The zero-order valence-corrected chi connectivity index (χ0v) is 15.2. The molecular weight excluding hydrogens is 310 g/mol. The van der Waals surface area contributed by atoms with Crippen molar-refractivity contribution in [3.8, 4) is 0 Å². The standard InChI is InChI=1S/C18H29NO3S/c1-4-6-17-14(2)7-5-12-19(17)13-18(20)15-8-10-16(11-9-15)23(3,21)22/h8-11,14,17-18,20H,4-7,12-13H2,1-3H3. The normalized spacial score (nSPS) is 24.5. The lowest BCUT2D eigenvalue weighted by Gasteiger charge is -2.41. The lowest BCUT2D eigenvalue weighted by atomic mass is 9.87. The van der Waals surface area contributed by atoms with Gasteiger partial charge in [0.25, 0.3) is 0 Å². The van der Waals surface area contributed by atoms with Gasteiger partial charge >= 0.3 is 0 Å². The summed E-state index contributed by atoms with van der Waals surface area (Å²) in [5.74, 6) is 0.670. The van der Waals surface area contributed by atoms with E-state index in [2.05, 4.69) is 18.7 Å².